The molecule has 0 aliphatic carbocycles. The van der Waals surface area contributed by atoms with Crippen molar-refractivity contribution in [2.45, 2.75) is 24.9 Å². The van der Waals surface area contributed by atoms with Gasteiger partial charge in [-0.1, -0.05) is 12.1 Å². The van der Waals surface area contributed by atoms with Crippen molar-refractivity contribution in [3.05, 3.63) is 53.9 Å². The number of methoxy groups -OCH3 is 2. The fourth-order valence-corrected chi connectivity index (χ4v) is 3.57. The zero-order valence-electron chi connectivity index (χ0n) is 14.4. The van der Waals surface area contributed by atoms with Crippen molar-refractivity contribution in [1.29, 1.82) is 0 Å². The maximum Gasteiger partial charge on any atom is 0.320 e. The van der Waals surface area contributed by atoms with Crippen LogP contribution in [0.25, 0.3) is 0 Å². The summed E-state index contributed by atoms with van der Waals surface area (Å²) in [6.45, 7) is 0.692. The molecule has 25 heavy (non-hydrogen) atoms. The Labute approximate surface area is 147 Å². The summed E-state index contributed by atoms with van der Waals surface area (Å²) in [6, 6.07) is 8.57. The van der Waals surface area contributed by atoms with Crippen LogP contribution < -0.4 is 9.47 Å². The van der Waals surface area contributed by atoms with Crippen LogP contribution in [0.1, 0.15) is 30.0 Å². The number of carboxylic acids is 1. The van der Waals surface area contributed by atoms with Crippen LogP contribution in [0, 0.1) is 0 Å². The average Bonchev–Trinajstić information content (AvgIpc) is 3.12. The Morgan fingerprint density at radius 1 is 1.24 bits per heavy atom. The number of aliphatic carboxylic acids is 1. The van der Waals surface area contributed by atoms with Crippen molar-refractivity contribution in [3.8, 4) is 11.5 Å². The number of benzene rings is 1. The molecule has 3 rings (SSSR count). The summed E-state index contributed by atoms with van der Waals surface area (Å²) < 4.78 is 11.1. The molecule has 1 aromatic carbocycles. The highest BCUT2D eigenvalue weighted by Crippen LogP contribution is 2.43. The van der Waals surface area contributed by atoms with E-state index in [4.69, 9.17) is 9.47 Å². The number of rotatable bonds is 6. The van der Waals surface area contributed by atoms with E-state index in [1.807, 2.05) is 35.2 Å². The van der Waals surface area contributed by atoms with E-state index >= 15 is 0 Å². The molecule has 6 heteroatoms. The second-order valence-electron chi connectivity index (χ2n) is 6.00. The Morgan fingerprint density at radius 2 is 1.96 bits per heavy atom. The number of carboxylic acid groups (broad SMARTS) is 1. The van der Waals surface area contributed by atoms with Gasteiger partial charge in [0.15, 0.2) is 0 Å². The Bertz CT molecular complexity index is 713. The molecule has 1 saturated heterocycles. The first-order valence-corrected chi connectivity index (χ1v) is 8.26. The van der Waals surface area contributed by atoms with Gasteiger partial charge in [0.1, 0.15) is 17.5 Å². The molecule has 0 saturated carbocycles. The Hall–Kier alpha value is -2.60. The lowest BCUT2D eigenvalue weighted by molar-refractivity contribution is -0.142. The Morgan fingerprint density at radius 3 is 2.52 bits per heavy atom. The van der Waals surface area contributed by atoms with E-state index in [0.29, 0.717) is 24.5 Å². The predicted octanol–water partition coefficient (Wildman–Crippen LogP) is 2.74. The molecule has 132 valence electrons. The lowest BCUT2D eigenvalue weighted by Gasteiger charge is -2.33. The van der Waals surface area contributed by atoms with E-state index in [0.717, 1.165) is 17.5 Å². The second kappa shape index (κ2) is 7.53. The van der Waals surface area contributed by atoms with E-state index in [1.165, 1.54) is 0 Å². The molecule has 1 aliphatic heterocycles. The van der Waals surface area contributed by atoms with Gasteiger partial charge in [0, 0.05) is 18.9 Å². The lowest BCUT2D eigenvalue weighted by Crippen LogP contribution is -2.39. The van der Waals surface area contributed by atoms with Crippen LogP contribution in [-0.2, 0) is 4.79 Å². The van der Waals surface area contributed by atoms with E-state index in [-0.39, 0.29) is 6.04 Å². The number of likely N-dealkylation sites (tertiary alicyclic amines) is 1. The predicted molar refractivity (Wildman–Crippen MR) is 93.0 cm³/mol. The van der Waals surface area contributed by atoms with Crippen molar-refractivity contribution >= 4 is 5.97 Å². The number of nitrogens with zero attached hydrogens (tertiary/aromatic N) is 2. The molecule has 1 aliphatic rings. The third-order valence-electron chi connectivity index (χ3n) is 4.65. The van der Waals surface area contributed by atoms with Crippen LogP contribution in [0.15, 0.2) is 42.7 Å². The van der Waals surface area contributed by atoms with Gasteiger partial charge >= 0.3 is 5.97 Å². The molecule has 1 N–H and O–H groups in total. The summed E-state index contributed by atoms with van der Waals surface area (Å²) in [6.07, 6.45) is 4.95. The van der Waals surface area contributed by atoms with E-state index in [2.05, 4.69) is 4.98 Å². The van der Waals surface area contributed by atoms with Crippen molar-refractivity contribution in [3.63, 3.8) is 0 Å². The minimum atomic E-state index is -0.805. The van der Waals surface area contributed by atoms with Gasteiger partial charge in [-0.25, -0.2) is 0 Å². The van der Waals surface area contributed by atoms with Crippen molar-refractivity contribution in [1.82, 2.24) is 9.88 Å². The molecular formula is C19H22N2O4. The molecule has 0 bridgehead atoms. The number of aromatic nitrogens is 1. The third kappa shape index (κ3) is 3.30. The SMILES string of the molecule is COc1cccc(OC)c1C(c1cccnc1)N1CCCC1C(=O)O. The molecule has 1 fully saturated rings. The Kier molecular flexibility index (Phi) is 5.19. The number of carbonyl (C=O) groups is 1. The number of hydrogen-bond donors (Lipinski definition) is 1. The molecule has 2 unspecified atom stereocenters. The third-order valence-corrected chi connectivity index (χ3v) is 4.65. The molecule has 1 aromatic heterocycles. The maximum absolute atomic E-state index is 11.8. The van der Waals surface area contributed by atoms with Crippen LogP contribution in [-0.4, -0.2) is 47.8 Å². The van der Waals surface area contributed by atoms with Gasteiger partial charge < -0.3 is 14.6 Å². The van der Waals surface area contributed by atoms with Gasteiger partial charge in [-0.15, -0.1) is 0 Å². The standard InChI is InChI=1S/C19H22N2O4/c1-24-15-8-3-9-16(25-2)17(15)18(13-6-4-10-20-12-13)21-11-5-7-14(21)19(22)23/h3-4,6,8-10,12,14,18H,5,7,11H2,1-2H3,(H,22,23). The second-order valence-corrected chi connectivity index (χ2v) is 6.00. The van der Waals surface area contributed by atoms with E-state index < -0.39 is 12.0 Å². The highest BCUT2D eigenvalue weighted by atomic mass is 16.5. The first kappa shape index (κ1) is 17.2. The van der Waals surface area contributed by atoms with Crippen LogP contribution in [0.4, 0.5) is 0 Å². The first-order chi connectivity index (χ1) is 12.2. The zero-order chi connectivity index (χ0) is 17.8. The number of ether oxygens (including phenoxy) is 2. The van der Waals surface area contributed by atoms with Crippen molar-refractivity contribution in [2.24, 2.45) is 0 Å². The van der Waals surface area contributed by atoms with E-state index in [1.54, 1.807) is 26.6 Å². The summed E-state index contributed by atoms with van der Waals surface area (Å²) in [5.41, 5.74) is 1.74. The number of pyridine rings is 1. The van der Waals surface area contributed by atoms with E-state index in [9.17, 15) is 9.90 Å². The van der Waals surface area contributed by atoms with Crippen LogP contribution in [0.3, 0.4) is 0 Å². The molecule has 2 aromatic rings. The maximum atomic E-state index is 11.8. The van der Waals surface area contributed by atoms with Crippen LogP contribution in [0.5, 0.6) is 11.5 Å². The van der Waals surface area contributed by atoms with Gasteiger partial charge in [0.2, 0.25) is 0 Å². The monoisotopic (exact) mass is 342 g/mol. The summed E-state index contributed by atoms with van der Waals surface area (Å²) in [5.74, 6) is 0.536. The molecule has 2 heterocycles. The molecule has 0 spiro atoms. The summed E-state index contributed by atoms with van der Waals surface area (Å²) >= 11 is 0. The summed E-state index contributed by atoms with van der Waals surface area (Å²) in [4.78, 5) is 18.0. The zero-order valence-corrected chi connectivity index (χ0v) is 14.4. The van der Waals surface area contributed by atoms with Crippen LogP contribution in [0.2, 0.25) is 0 Å². The van der Waals surface area contributed by atoms with Crippen LogP contribution >= 0.6 is 0 Å². The average molecular weight is 342 g/mol. The highest BCUT2D eigenvalue weighted by molar-refractivity contribution is 5.74. The van der Waals surface area contributed by atoms with Gasteiger partial charge in [0.25, 0.3) is 0 Å². The molecule has 2 atom stereocenters. The minimum absolute atomic E-state index is 0.302. The topological polar surface area (TPSA) is 71.9 Å². The number of hydrogen-bond acceptors (Lipinski definition) is 5. The van der Waals surface area contributed by atoms with Gasteiger partial charge in [-0.3, -0.25) is 14.7 Å². The fourth-order valence-electron chi connectivity index (χ4n) is 3.57. The van der Waals surface area contributed by atoms with Crippen molar-refractivity contribution in [2.75, 3.05) is 20.8 Å². The molecular weight excluding hydrogens is 320 g/mol. The first-order valence-electron chi connectivity index (χ1n) is 8.26. The quantitative estimate of drug-likeness (QED) is 0.870. The van der Waals surface area contributed by atoms with Gasteiger partial charge in [0.05, 0.1) is 25.8 Å². The smallest absolute Gasteiger partial charge is 0.320 e. The normalized spacial score (nSPS) is 18.7. The minimum Gasteiger partial charge on any atom is -0.496 e. The molecule has 0 radical (unpaired) electrons. The summed E-state index contributed by atoms with van der Waals surface area (Å²) in [5, 5.41) is 9.66. The largest absolute Gasteiger partial charge is 0.496 e. The van der Waals surface area contributed by atoms with Gasteiger partial charge in [-0.2, -0.15) is 0 Å². The Balaban J connectivity index is 2.18. The fraction of sp³-hybridized carbons (Fsp3) is 0.368. The lowest BCUT2D eigenvalue weighted by atomic mass is 9.95. The molecule has 0 amide bonds. The molecule has 6 nitrogen and oxygen atoms in total. The van der Waals surface area contributed by atoms with Gasteiger partial charge in [-0.05, 0) is 36.6 Å². The van der Waals surface area contributed by atoms with Crippen molar-refractivity contribution < 1.29 is 19.4 Å². The highest BCUT2D eigenvalue weighted by Gasteiger charge is 2.39. The summed E-state index contributed by atoms with van der Waals surface area (Å²) in [7, 11) is 3.22.